The number of carbonyl (C=O) groups excluding carboxylic acids is 2. The Bertz CT molecular complexity index is 533. The lowest BCUT2D eigenvalue weighted by molar-refractivity contribution is -0.131. The van der Waals surface area contributed by atoms with Gasteiger partial charge in [-0.2, -0.15) is 0 Å². The van der Waals surface area contributed by atoms with E-state index in [2.05, 4.69) is 21.2 Å². The van der Waals surface area contributed by atoms with Gasteiger partial charge in [0.05, 0.1) is 18.8 Å². The second-order valence-corrected chi connectivity index (χ2v) is 6.09. The van der Waals surface area contributed by atoms with Crippen LogP contribution in [-0.2, 0) is 9.53 Å². The fourth-order valence-corrected chi connectivity index (χ4v) is 2.69. The molecule has 0 bridgehead atoms. The maximum Gasteiger partial charge on any atom is 0.255 e. The van der Waals surface area contributed by atoms with E-state index >= 15 is 0 Å². The largest absolute Gasteiger partial charge is 0.377 e. The van der Waals surface area contributed by atoms with Gasteiger partial charge in [0.25, 0.3) is 5.91 Å². The number of morpholine rings is 1. The van der Waals surface area contributed by atoms with Gasteiger partial charge in [-0.1, -0.05) is 12.1 Å². The average molecular weight is 355 g/mol. The summed E-state index contributed by atoms with van der Waals surface area (Å²) in [6.45, 7) is 4.87. The van der Waals surface area contributed by atoms with Gasteiger partial charge in [-0.25, -0.2) is 0 Å². The molecule has 5 nitrogen and oxygen atoms in total. The van der Waals surface area contributed by atoms with Gasteiger partial charge >= 0.3 is 0 Å². The maximum absolute atomic E-state index is 12.7. The summed E-state index contributed by atoms with van der Waals surface area (Å²) < 4.78 is 6.09. The van der Waals surface area contributed by atoms with E-state index in [0.29, 0.717) is 18.7 Å². The molecule has 6 heteroatoms. The van der Waals surface area contributed by atoms with Crippen molar-refractivity contribution < 1.29 is 14.3 Å². The zero-order chi connectivity index (χ0) is 15.4. The van der Waals surface area contributed by atoms with Crippen molar-refractivity contribution in [2.24, 2.45) is 0 Å². The third-order valence-corrected chi connectivity index (χ3v) is 3.92. The standard InChI is InChI=1S/C15H19BrN2O3/c1-10(2)17-14(19)13-9-21-8-7-18(13)15(20)11-5-3-4-6-12(11)16/h3-6,10,13H,7-9H2,1-2H3,(H,17,19). The highest BCUT2D eigenvalue weighted by Gasteiger charge is 2.34. The zero-order valence-electron chi connectivity index (χ0n) is 12.1. The van der Waals surface area contributed by atoms with E-state index in [-0.39, 0.29) is 24.5 Å². The highest BCUT2D eigenvalue weighted by Crippen LogP contribution is 2.20. The van der Waals surface area contributed by atoms with Crippen molar-refractivity contribution >= 4 is 27.7 Å². The minimum absolute atomic E-state index is 0.0276. The quantitative estimate of drug-likeness (QED) is 0.900. The van der Waals surface area contributed by atoms with E-state index in [0.717, 1.165) is 4.47 Å². The Morgan fingerprint density at radius 2 is 2.10 bits per heavy atom. The van der Waals surface area contributed by atoms with E-state index in [1.165, 1.54) is 0 Å². The fraction of sp³-hybridized carbons (Fsp3) is 0.467. The molecule has 1 aromatic rings. The first-order valence-corrected chi connectivity index (χ1v) is 7.73. The number of rotatable bonds is 3. The predicted octanol–water partition coefficient (Wildman–Crippen LogP) is 1.81. The average Bonchev–Trinajstić information content (AvgIpc) is 2.46. The number of amides is 2. The second kappa shape index (κ2) is 7.04. The molecule has 1 N–H and O–H groups in total. The number of halogens is 1. The number of nitrogens with one attached hydrogen (secondary N) is 1. The molecule has 1 heterocycles. The van der Waals surface area contributed by atoms with E-state index in [1.54, 1.807) is 11.0 Å². The molecule has 2 amide bonds. The van der Waals surface area contributed by atoms with Crippen molar-refractivity contribution in [3.63, 3.8) is 0 Å². The van der Waals surface area contributed by atoms with Crippen LogP contribution in [0.15, 0.2) is 28.7 Å². The number of carbonyl (C=O) groups is 2. The highest BCUT2D eigenvalue weighted by molar-refractivity contribution is 9.10. The van der Waals surface area contributed by atoms with E-state index in [4.69, 9.17) is 4.74 Å². The predicted molar refractivity (Wildman–Crippen MR) is 83.1 cm³/mol. The summed E-state index contributed by atoms with van der Waals surface area (Å²) in [6.07, 6.45) is 0. The molecule has 114 valence electrons. The minimum atomic E-state index is -0.583. The van der Waals surface area contributed by atoms with Gasteiger partial charge in [-0.05, 0) is 41.9 Å². The molecule has 1 aliphatic heterocycles. The van der Waals surface area contributed by atoms with Crippen LogP contribution in [0, 0.1) is 0 Å². The molecule has 0 aliphatic carbocycles. The molecule has 2 rings (SSSR count). The number of nitrogens with zero attached hydrogens (tertiary/aromatic N) is 1. The first-order valence-electron chi connectivity index (χ1n) is 6.94. The van der Waals surface area contributed by atoms with Crippen LogP contribution in [-0.4, -0.2) is 48.6 Å². The van der Waals surface area contributed by atoms with E-state index in [9.17, 15) is 9.59 Å². The molecule has 0 spiro atoms. The lowest BCUT2D eigenvalue weighted by Gasteiger charge is -2.35. The first-order chi connectivity index (χ1) is 10.0. The third-order valence-electron chi connectivity index (χ3n) is 3.23. The Balaban J connectivity index is 2.20. The summed E-state index contributed by atoms with van der Waals surface area (Å²) in [4.78, 5) is 26.5. The van der Waals surface area contributed by atoms with E-state index < -0.39 is 6.04 Å². The summed E-state index contributed by atoms with van der Waals surface area (Å²) in [5, 5.41) is 2.84. The summed E-state index contributed by atoms with van der Waals surface area (Å²) in [7, 11) is 0. The van der Waals surface area contributed by atoms with Gasteiger partial charge in [0.15, 0.2) is 0 Å². The Labute approximate surface area is 132 Å². The summed E-state index contributed by atoms with van der Waals surface area (Å²) in [6, 6.07) is 6.67. The molecule has 1 saturated heterocycles. The van der Waals surface area contributed by atoms with Crippen molar-refractivity contribution in [2.75, 3.05) is 19.8 Å². The lowest BCUT2D eigenvalue weighted by atomic mass is 10.1. The van der Waals surface area contributed by atoms with Gasteiger partial charge in [-0.15, -0.1) is 0 Å². The van der Waals surface area contributed by atoms with Gasteiger partial charge in [0.2, 0.25) is 5.91 Å². The van der Waals surface area contributed by atoms with Crippen LogP contribution in [0.25, 0.3) is 0 Å². The number of hydrogen-bond donors (Lipinski definition) is 1. The van der Waals surface area contributed by atoms with Gasteiger partial charge in [0, 0.05) is 17.1 Å². The second-order valence-electron chi connectivity index (χ2n) is 5.23. The number of ether oxygens (including phenoxy) is 1. The molecule has 0 aromatic heterocycles. The number of benzene rings is 1. The first kappa shape index (κ1) is 16.0. The van der Waals surface area contributed by atoms with Crippen molar-refractivity contribution in [3.8, 4) is 0 Å². The molecule has 21 heavy (non-hydrogen) atoms. The summed E-state index contributed by atoms with van der Waals surface area (Å²) in [5.74, 6) is -0.334. The van der Waals surface area contributed by atoms with Gasteiger partial charge in [-0.3, -0.25) is 9.59 Å². The SMILES string of the molecule is CC(C)NC(=O)C1COCCN1C(=O)c1ccccc1Br. The van der Waals surface area contributed by atoms with E-state index in [1.807, 2.05) is 32.0 Å². The monoisotopic (exact) mass is 354 g/mol. The van der Waals surface area contributed by atoms with Crippen LogP contribution in [0.3, 0.4) is 0 Å². The fourth-order valence-electron chi connectivity index (χ4n) is 2.23. The molecule has 0 radical (unpaired) electrons. The van der Waals surface area contributed by atoms with Crippen molar-refractivity contribution in [1.82, 2.24) is 10.2 Å². The topological polar surface area (TPSA) is 58.6 Å². The molecule has 1 fully saturated rings. The molecule has 1 aromatic carbocycles. The third kappa shape index (κ3) is 3.83. The Morgan fingerprint density at radius 3 is 2.76 bits per heavy atom. The Morgan fingerprint density at radius 1 is 1.38 bits per heavy atom. The zero-order valence-corrected chi connectivity index (χ0v) is 13.7. The van der Waals surface area contributed by atoms with Crippen LogP contribution < -0.4 is 5.32 Å². The van der Waals surface area contributed by atoms with Crippen molar-refractivity contribution in [1.29, 1.82) is 0 Å². The Kier molecular flexibility index (Phi) is 5.36. The van der Waals surface area contributed by atoms with Gasteiger partial charge < -0.3 is 15.0 Å². The normalized spacial score (nSPS) is 18.7. The molecule has 1 unspecified atom stereocenters. The molecule has 1 atom stereocenters. The minimum Gasteiger partial charge on any atom is -0.377 e. The van der Waals surface area contributed by atoms with Crippen LogP contribution in [0.1, 0.15) is 24.2 Å². The maximum atomic E-state index is 12.7. The Hall–Kier alpha value is -1.40. The van der Waals surface area contributed by atoms with Crippen LogP contribution in [0.4, 0.5) is 0 Å². The molecule has 0 saturated carbocycles. The smallest absolute Gasteiger partial charge is 0.255 e. The molecule has 1 aliphatic rings. The van der Waals surface area contributed by atoms with Crippen molar-refractivity contribution in [2.45, 2.75) is 25.9 Å². The van der Waals surface area contributed by atoms with Crippen LogP contribution >= 0.6 is 15.9 Å². The lowest BCUT2D eigenvalue weighted by Crippen LogP contribution is -2.56. The van der Waals surface area contributed by atoms with Crippen LogP contribution in [0.2, 0.25) is 0 Å². The molecular weight excluding hydrogens is 336 g/mol. The number of hydrogen-bond acceptors (Lipinski definition) is 3. The highest BCUT2D eigenvalue weighted by atomic mass is 79.9. The summed E-state index contributed by atoms with van der Waals surface area (Å²) >= 11 is 3.38. The van der Waals surface area contributed by atoms with Gasteiger partial charge in [0.1, 0.15) is 6.04 Å². The van der Waals surface area contributed by atoms with Crippen LogP contribution in [0.5, 0.6) is 0 Å². The van der Waals surface area contributed by atoms with Crippen molar-refractivity contribution in [3.05, 3.63) is 34.3 Å². The summed E-state index contributed by atoms with van der Waals surface area (Å²) in [5.41, 5.74) is 0.557. The molecular formula is C15H19BrN2O3.